The first-order valence-corrected chi connectivity index (χ1v) is 24.2. The summed E-state index contributed by atoms with van der Waals surface area (Å²) in [5.41, 5.74) is 26.7. The van der Waals surface area contributed by atoms with Crippen LogP contribution in [0.25, 0.3) is 77.5 Å². The van der Waals surface area contributed by atoms with Crippen molar-refractivity contribution < 1.29 is 0 Å². The zero-order valence-electron chi connectivity index (χ0n) is 39.7. The van der Waals surface area contributed by atoms with Crippen LogP contribution >= 0.6 is 0 Å². The molecule has 10 aromatic rings. The highest BCUT2D eigenvalue weighted by molar-refractivity contribution is 5.95. The summed E-state index contributed by atoms with van der Waals surface area (Å²) in [7, 11) is 0. The summed E-state index contributed by atoms with van der Waals surface area (Å²) in [6.07, 6.45) is 0. The van der Waals surface area contributed by atoms with E-state index in [-0.39, 0.29) is 16.2 Å². The average Bonchev–Trinajstić information content (AvgIpc) is 3.84. The van der Waals surface area contributed by atoms with Gasteiger partial charge in [-0.05, 0) is 166 Å². The van der Waals surface area contributed by atoms with Crippen LogP contribution in [0.3, 0.4) is 0 Å². The summed E-state index contributed by atoms with van der Waals surface area (Å²) in [5.74, 6) is 0. The molecule has 326 valence electrons. The third-order valence-electron chi connectivity index (χ3n) is 16.1. The number of rotatable bonds is 6. The number of nitrogens with zero attached hydrogens (tertiary/aromatic N) is 1. The Morgan fingerprint density at radius 2 is 0.632 bits per heavy atom. The van der Waals surface area contributed by atoms with E-state index in [9.17, 15) is 0 Å². The van der Waals surface area contributed by atoms with Gasteiger partial charge in [0.2, 0.25) is 0 Å². The largest absolute Gasteiger partial charge is 0.310 e. The molecule has 0 atom stereocenters. The van der Waals surface area contributed by atoms with Crippen LogP contribution in [-0.4, -0.2) is 0 Å². The Balaban J connectivity index is 0.924. The van der Waals surface area contributed by atoms with E-state index in [2.05, 4.69) is 259 Å². The molecule has 1 heteroatoms. The maximum absolute atomic E-state index is 2.49. The van der Waals surface area contributed by atoms with Crippen molar-refractivity contribution in [2.24, 2.45) is 0 Å². The predicted octanol–water partition coefficient (Wildman–Crippen LogP) is 18.2. The van der Waals surface area contributed by atoms with Gasteiger partial charge in [-0.15, -0.1) is 0 Å². The molecule has 10 aromatic carbocycles. The molecule has 1 nitrogen and oxygen atoms in total. The number of benzene rings is 10. The van der Waals surface area contributed by atoms with Crippen molar-refractivity contribution in [3.05, 3.63) is 246 Å². The predicted molar refractivity (Wildman–Crippen MR) is 288 cm³/mol. The Labute approximate surface area is 401 Å². The molecule has 13 rings (SSSR count). The Bertz CT molecular complexity index is 3590. The fourth-order valence-electron chi connectivity index (χ4n) is 12.3. The van der Waals surface area contributed by atoms with Crippen LogP contribution in [-0.2, 0) is 16.2 Å². The fraction of sp³-hybridized carbons (Fsp3) is 0.134. The van der Waals surface area contributed by atoms with E-state index < -0.39 is 0 Å². The zero-order chi connectivity index (χ0) is 46.1. The van der Waals surface area contributed by atoms with Gasteiger partial charge in [-0.1, -0.05) is 199 Å². The first-order valence-electron chi connectivity index (χ1n) is 24.2. The standard InChI is InChI=1S/C67H53N/c1-65(2)59-22-14-12-20-52(59)54-34-30-49(40-63(54)65)68(50-31-35-55-53-21-13-15-23-60(53)66(3,4)64(55)41-50)48-29-33-51(57(39-48)43-16-8-7-9-17-43)44-26-24-42(25-27-44)47-28-32-56-58-36-45-18-10-11-19-46(45)37-62(58)67(5,6)61(56)38-47/h7-41H,1-6H3. The second kappa shape index (κ2) is 14.6. The Hall–Kier alpha value is -7.74. The molecule has 0 radical (unpaired) electrons. The Morgan fingerprint density at radius 1 is 0.235 bits per heavy atom. The Morgan fingerprint density at radius 3 is 1.25 bits per heavy atom. The molecule has 0 amide bonds. The van der Waals surface area contributed by atoms with Gasteiger partial charge in [0.25, 0.3) is 0 Å². The van der Waals surface area contributed by atoms with Gasteiger partial charge in [-0.25, -0.2) is 0 Å². The van der Waals surface area contributed by atoms with Crippen molar-refractivity contribution in [3.63, 3.8) is 0 Å². The lowest BCUT2D eigenvalue weighted by molar-refractivity contribution is 0.660. The van der Waals surface area contributed by atoms with Crippen LogP contribution in [0.4, 0.5) is 17.1 Å². The molecule has 0 fully saturated rings. The van der Waals surface area contributed by atoms with Gasteiger partial charge in [0.1, 0.15) is 0 Å². The van der Waals surface area contributed by atoms with E-state index in [4.69, 9.17) is 0 Å². The lowest BCUT2D eigenvalue weighted by atomic mass is 9.81. The minimum absolute atomic E-state index is 0.0904. The van der Waals surface area contributed by atoms with Gasteiger partial charge in [0.15, 0.2) is 0 Å². The number of hydrogen-bond donors (Lipinski definition) is 0. The molecular weight excluding hydrogens is 819 g/mol. The van der Waals surface area contributed by atoms with Crippen LogP contribution in [0.15, 0.2) is 212 Å². The summed E-state index contributed by atoms with van der Waals surface area (Å²) in [5, 5.41) is 2.60. The highest BCUT2D eigenvalue weighted by atomic mass is 15.1. The number of hydrogen-bond acceptors (Lipinski definition) is 1. The molecule has 0 saturated carbocycles. The van der Waals surface area contributed by atoms with E-state index in [0.29, 0.717) is 0 Å². The second-order valence-electron chi connectivity index (χ2n) is 20.9. The lowest BCUT2D eigenvalue weighted by Crippen LogP contribution is -2.18. The first kappa shape index (κ1) is 40.5. The highest BCUT2D eigenvalue weighted by Crippen LogP contribution is 2.54. The third-order valence-corrected chi connectivity index (χ3v) is 16.1. The average molecular weight is 872 g/mol. The van der Waals surface area contributed by atoms with Gasteiger partial charge < -0.3 is 4.90 Å². The number of anilines is 3. The maximum Gasteiger partial charge on any atom is 0.0468 e. The molecule has 68 heavy (non-hydrogen) atoms. The minimum Gasteiger partial charge on any atom is -0.310 e. The minimum atomic E-state index is -0.128. The normalized spacial score (nSPS) is 15.0. The van der Waals surface area contributed by atoms with E-state index in [0.717, 1.165) is 17.1 Å². The molecule has 0 aromatic heterocycles. The maximum atomic E-state index is 2.49. The molecule has 0 aliphatic heterocycles. The summed E-state index contributed by atoms with van der Waals surface area (Å²) < 4.78 is 0. The molecular formula is C67H53N. The van der Waals surface area contributed by atoms with Crippen LogP contribution in [0.1, 0.15) is 74.9 Å². The molecule has 0 saturated heterocycles. The lowest BCUT2D eigenvalue weighted by Gasteiger charge is -2.30. The van der Waals surface area contributed by atoms with Gasteiger partial charge in [-0.3, -0.25) is 0 Å². The third kappa shape index (κ3) is 5.94. The van der Waals surface area contributed by atoms with Crippen LogP contribution in [0.5, 0.6) is 0 Å². The van der Waals surface area contributed by atoms with Crippen molar-refractivity contribution in [1.82, 2.24) is 0 Å². The van der Waals surface area contributed by atoms with Crippen LogP contribution in [0, 0.1) is 0 Å². The van der Waals surface area contributed by atoms with Crippen molar-refractivity contribution >= 4 is 27.8 Å². The molecule has 0 bridgehead atoms. The summed E-state index contributed by atoms with van der Waals surface area (Å²) in [4.78, 5) is 2.49. The van der Waals surface area contributed by atoms with Crippen molar-refractivity contribution in [2.75, 3.05) is 4.90 Å². The Kier molecular flexibility index (Phi) is 8.72. The second-order valence-corrected chi connectivity index (χ2v) is 20.9. The van der Waals surface area contributed by atoms with E-state index in [1.54, 1.807) is 0 Å². The quantitative estimate of drug-likeness (QED) is 0.161. The van der Waals surface area contributed by atoms with Gasteiger partial charge >= 0.3 is 0 Å². The van der Waals surface area contributed by atoms with E-state index >= 15 is 0 Å². The monoisotopic (exact) mass is 871 g/mol. The van der Waals surface area contributed by atoms with Crippen molar-refractivity contribution in [2.45, 2.75) is 57.8 Å². The van der Waals surface area contributed by atoms with Crippen LogP contribution < -0.4 is 4.90 Å². The molecule has 3 aliphatic carbocycles. The number of fused-ring (bicyclic) bond motifs is 10. The van der Waals surface area contributed by atoms with Crippen molar-refractivity contribution in [1.29, 1.82) is 0 Å². The van der Waals surface area contributed by atoms with Crippen molar-refractivity contribution in [3.8, 4) is 66.8 Å². The van der Waals surface area contributed by atoms with Gasteiger partial charge in [-0.2, -0.15) is 0 Å². The molecule has 0 unspecified atom stereocenters. The van der Waals surface area contributed by atoms with E-state index in [1.807, 2.05) is 0 Å². The molecule has 0 spiro atoms. The van der Waals surface area contributed by atoms with Gasteiger partial charge in [0.05, 0.1) is 0 Å². The SMILES string of the molecule is CC1(C)c2ccccc2-c2ccc(N(c3ccc(-c4ccc(-c5ccc6c(c5)C(C)(C)c5cc7ccccc7cc5-6)cc4)c(-c4ccccc4)c3)c3ccc4c(c3)C(C)(C)c3ccccc3-4)cc21. The first-order chi connectivity index (χ1) is 33.0. The molecule has 0 N–H and O–H groups in total. The van der Waals surface area contributed by atoms with E-state index in [1.165, 1.54) is 111 Å². The van der Waals surface area contributed by atoms with Gasteiger partial charge in [0, 0.05) is 33.3 Å². The highest BCUT2D eigenvalue weighted by Gasteiger charge is 2.39. The van der Waals surface area contributed by atoms with Crippen LogP contribution in [0.2, 0.25) is 0 Å². The zero-order valence-corrected chi connectivity index (χ0v) is 39.7. The fourth-order valence-corrected chi connectivity index (χ4v) is 12.3. The smallest absolute Gasteiger partial charge is 0.0468 e. The summed E-state index contributed by atoms with van der Waals surface area (Å²) >= 11 is 0. The molecule has 3 aliphatic rings. The summed E-state index contributed by atoms with van der Waals surface area (Å²) in [6.45, 7) is 14.3. The topological polar surface area (TPSA) is 3.24 Å². The summed E-state index contributed by atoms with van der Waals surface area (Å²) in [6, 6.07) is 80.1. The molecule has 0 heterocycles.